The van der Waals surface area contributed by atoms with Crippen LogP contribution in [-0.2, 0) is 47.9 Å². The molecule has 0 N–H and O–H groups in total. The molecule has 6 aromatic rings. The number of benzene rings is 4. The minimum absolute atomic E-state index is 0. The fraction of sp³-hybridized carbons (Fsp3) is 0.348. The Balaban J connectivity index is 0.000000208. The van der Waals surface area contributed by atoms with Gasteiger partial charge in [0.15, 0.2) is 0 Å². The van der Waals surface area contributed by atoms with Gasteiger partial charge in [-0.1, -0.05) is 178 Å². The minimum Gasteiger partial charge on any atom is -0.145 e. The van der Waals surface area contributed by atoms with E-state index in [4.69, 9.17) is 0 Å². The van der Waals surface area contributed by atoms with Crippen LogP contribution < -0.4 is 0 Å². The van der Waals surface area contributed by atoms with Crippen LogP contribution in [0.4, 0.5) is 0 Å². The first kappa shape index (κ1) is 36.8. The topological polar surface area (TPSA) is 0 Å². The summed E-state index contributed by atoms with van der Waals surface area (Å²) in [7, 11) is 0. The van der Waals surface area contributed by atoms with Gasteiger partial charge in [0.05, 0.1) is 0 Å². The van der Waals surface area contributed by atoms with Crippen LogP contribution in [0.5, 0.6) is 0 Å². The van der Waals surface area contributed by atoms with E-state index in [2.05, 4.69) is 192 Å². The van der Waals surface area contributed by atoms with Crippen LogP contribution in [-0.4, -0.2) is 0 Å². The van der Waals surface area contributed by atoms with Gasteiger partial charge in [-0.25, -0.2) is 0 Å². The quantitative estimate of drug-likeness (QED) is 0.158. The van der Waals surface area contributed by atoms with Gasteiger partial charge in [0.2, 0.25) is 0 Å². The van der Waals surface area contributed by atoms with Crippen molar-refractivity contribution in [3.8, 4) is 22.3 Å². The average Bonchev–Trinajstić information content (AvgIpc) is 3.60. The predicted octanol–water partition coefficient (Wildman–Crippen LogP) is 13.6. The van der Waals surface area contributed by atoms with Crippen molar-refractivity contribution < 1.29 is 26.2 Å². The van der Waals surface area contributed by atoms with Gasteiger partial charge in [0, 0.05) is 0 Å². The van der Waals surface area contributed by atoms with E-state index in [1.54, 1.807) is 0 Å². The van der Waals surface area contributed by atoms with Gasteiger partial charge in [-0.3, -0.25) is 0 Å². The molecule has 242 valence electrons. The van der Waals surface area contributed by atoms with Crippen LogP contribution in [0.3, 0.4) is 0 Å². The second kappa shape index (κ2) is 13.5. The van der Waals surface area contributed by atoms with Gasteiger partial charge < -0.3 is 0 Å². The maximum Gasteiger partial charge on any atom is 2.00 e. The van der Waals surface area contributed by atoms with Crippen LogP contribution in [0.1, 0.15) is 105 Å². The fourth-order valence-electron chi connectivity index (χ4n) is 6.38. The predicted molar refractivity (Wildman–Crippen MR) is 205 cm³/mol. The molecule has 0 saturated carbocycles. The molecular weight excluding hydrogens is 644 g/mol. The van der Waals surface area contributed by atoms with E-state index in [9.17, 15) is 0 Å². The van der Waals surface area contributed by atoms with Gasteiger partial charge >= 0.3 is 26.2 Å². The molecule has 0 spiro atoms. The number of hydrogen-bond acceptors (Lipinski definition) is 0. The second-order valence-corrected chi connectivity index (χ2v) is 17.3. The molecule has 0 aliphatic rings. The SMILES string of the molecule is CC(C)(C)c1ccc(-c2cc3ccccc3[cH-]2)c(C(C)(C)C)c1.CC(C)(C)c1ccc(-c2cc3ccccc3[cH-]2)c(C(C)(C)C)c1.[Zr+2]. The fourth-order valence-corrected chi connectivity index (χ4v) is 6.38. The molecule has 0 aliphatic heterocycles. The summed E-state index contributed by atoms with van der Waals surface area (Å²) in [6.45, 7) is 27.5. The number of rotatable bonds is 2. The molecule has 0 aliphatic carbocycles. The summed E-state index contributed by atoms with van der Waals surface area (Å²) in [5.41, 5.74) is 11.7. The molecule has 0 nitrogen and oxygen atoms in total. The molecule has 0 radical (unpaired) electrons. The summed E-state index contributed by atoms with van der Waals surface area (Å²) >= 11 is 0. The third-order valence-electron chi connectivity index (χ3n) is 9.25. The van der Waals surface area contributed by atoms with E-state index in [0.717, 1.165) is 0 Å². The van der Waals surface area contributed by atoms with Gasteiger partial charge in [-0.05, 0) is 32.8 Å². The third-order valence-corrected chi connectivity index (χ3v) is 9.25. The van der Waals surface area contributed by atoms with Crippen LogP contribution in [0.15, 0.2) is 109 Å². The molecule has 0 saturated heterocycles. The Hall–Kier alpha value is -3.02. The van der Waals surface area contributed by atoms with Crippen LogP contribution in [0.2, 0.25) is 0 Å². The Labute approximate surface area is 304 Å². The first-order valence-electron chi connectivity index (χ1n) is 16.9. The molecule has 0 bridgehead atoms. The largest absolute Gasteiger partial charge is 2.00 e. The standard InChI is InChI=1S/2C23H27.Zr/c2*1-22(2,3)19-11-12-20(21(15-19)23(4,5)6)18-13-16-9-7-8-10-17(16)14-18;/h2*7-15H,1-6H3;/q2*-1;+2. The molecule has 6 aromatic carbocycles. The second-order valence-electron chi connectivity index (χ2n) is 17.3. The molecule has 47 heavy (non-hydrogen) atoms. The molecule has 0 aromatic heterocycles. The zero-order valence-electron chi connectivity index (χ0n) is 30.9. The molecule has 1 heteroatoms. The third kappa shape index (κ3) is 8.35. The normalized spacial score (nSPS) is 12.5. The van der Waals surface area contributed by atoms with Crippen LogP contribution in [0.25, 0.3) is 43.8 Å². The van der Waals surface area contributed by atoms with Gasteiger partial charge in [0.25, 0.3) is 0 Å². The van der Waals surface area contributed by atoms with E-state index in [-0.39, 0.29) is 47.9 Å². The summed E-state index contributed by atoms with van der Waals surface area (Å²) in [5.74, 6) is 0. The van der Waals surface area contributed by atoms with Crippen LogP contribution >= 0.6 is 0 Å². The molecule has 0 atom stereocenters. The van der Waals surface area contributed by atoms with Crippen LogP contribution in [0, 0.1) is 0 Å². The molecular formula is C46H54Zr. The number of hydrogen-bond donors (Lipinski definition) is 0. The monoisotopic (exact) mass is 696 g/mol. The van der Waals surface area contributed by atoms with Crippen molar-refractivity contribution >= 4 is 21.5 Å². The minimum atomic E-state index is 0. The van der Waals surface area contributed by atoms with E-state index in [1.165, 1.54) is 66.1 Å². The van der Waals surface area contributed by atoms with Crippen molar-refractivity contribution in [3.05, 3.63) is 131 Å². The van der Waals surface area contributed by atoms with Crippen molar-refractivity contribution in [2.75, 3.05) is 0 Å². The Kier molecular flexibility index (Phi) is 10.6. The van der Waals surface area contributed by atoms with E-state index >= 15 is 0 Å². The maximum absolute atomic E-state index is 2.41. The average molecular weight is 698 g/mol. The first-order chi connectivity index (χ1) is 21.3. The Bertz CT molecular complexity index is 1750. The van der Waals surface area contributed by atoms with Crippen molar-refractivity contribution in [1.82, 2.24) is 0 Å². The molecule has 0 heterocycles. The molecule has 0 unspecified atom stereocenters. The van der Waals surface area contributed by atoms with Gasteiger partial charge in [-0.2, -0.15) is 0 Å². The zero-order valence-corrected chi connectivity index (χ0v) is 33.4. The van der Waals surface area contributed by atoms with Gasteiger partial charge in [-0.15, -0.1) is 69.1 Å². The zero-order chi connectivity index (χ0) is 33.7. The Morgan fingerprint density at radius 3 is 1.02 bits per heavy atom. The maximum atomic E-state index is 2.41. The summed E-state index contributed by atoms with van der Waals surface area (Å²) < 4.78 is 0. The summed E-state index contributed by atoms with van der Waals surface area (Å²) in [6.07, 6.45) is 0. The van der Waals surface area contributed by atoms with E-state index in [0.29, 0.717) is 0 Å². The molecule has 0 amide bonds. The number of fused-ring (bicyclic) bond motifs is 2. The summed E-state index contributed by atoms with van der Waals surface area (Å²) in [6, 6.07) is 40.5. The molecule has 0 fully saturated rings. The van der Waals surface area contributed by atoms with Crippen molar-refractivity contribution in [1.29, 1.82) is 0 Å². The van der Waals surface area contributed by atoms with Gasteiger partial charge in [0.1, 0.15) is 0 Å². The summed E-state index contributed by atoms with van der Waals surface area (Å²) in [5, 5.41) is 5.29. The molecule has 6 rings (SSSR count). The van der Waals surface area contributed by atoms with Crippen molar-refractivity contribution in [2.24, 2.45) is 0 Å². The Morgan fingerprint density at radius 1 is 0.383 bits per heavy atom. The van der Waals surface area contributed by atoms with Crippen molar-refractivity contribution in [2.45, 2.75) is 105 Å². The van der Waals surface area contributed by atoms with E-state index in [1.807, 2.05) is 0 Å². The summed E-state index contributed by atoms with van der Waals surface area (Å²) in [4.78, 5) is 0. The van der Waals surface area contributed by atoms with E-state index < -0.39 is 0 Å². The smallest absolute Gasteiger partial charge is 0.145 e. The Morgan fingerprint density at radius 2 is 0.723 bits per heavy atom. The van der Waals surface area contributed by atoms with Crippen molar-refractivity contribution in [3.63, 3.8) is 0 Å². The first-order valence-corrected chi connectivity index (χ1v) is 16.9.